The number of nitrogens with one attached hydrogen (secondary N) is 2. The summed E-state index contributed by atoms with van der Waals surface area (Å²) in [7, 11) is -3.84. The topological polar surface area (TPSA) is 116 Å². The van der Waals surface area contributed by atoms with Crippen molar-refractivity contribution in [3.63, 3.8) is 0 Å². The van der Waals surface area contributed by atoms with Crippen molar-refractivity contribution in [2.75, 3.05) is 25.9 Å². The van der Waals surface area contributed by atoms with Crippen LogP contribution in [0, 0.1) is 11.6 Å². The number of carbonyl (C=O) groups is 2. The van der Waals surface area contributed by atoms with Crippen molar-refractivity contribution < 1.29 is 45.1 Å². The summed E-state index contributed by atoms with van der Waals surface area (Å²) in [6.45, 7) is 1.98. The number of amides is 2. The van der Waals surface area contributed by atoms with Crippen molar-refractivity contribution in [1.29, 1.82) is 0 Å². The van der Waals surface area contributed by atoms with E-state index < -0.39 is 38.5 Å². The van der Waals surface area contributed by atoms with Crippen LogP contribution in [0.2, 0.25) is 0 Å². The molecule has 2 aliphatic heterocycles. The third-order valence-electron chi connectivity index (χ3n) is 5.02. The molecule has 8 nitrogen and oxygen atoms in total. The number of piperidine rings is 1. The fourth-order valence-corrected chi connectivity index (χ4v) is 4.27. The minimum Gasteiger partial charge on any atom is -0.475 e. The number of halogens is 5. The second kappa shape index (κ2) is 9.98. The summed E-state index contributed by atoms with van der Waals surface area (Å²) in [5, 5.41) is 13.1. The Morgan fingerprint density at radius 2 is 1.75 bits per heavy atom. The summed E-state index contributed by atoms with van der Waals surface area (Å²) < 4.78 is 83.1. The first-order valence-electron chi connectivity index (χ1n) is 9.46. The van der Waals surface area contributed by atoms with Crippen LogP contribution < -0.4 is 10.6 Å². The number of rotatable bonds is 4. The third-order valence-corrected chi connectivity index (χ3v) is 6.13. The van der Waals surface area contributed by atoms with Gasteiger partial charge in [-0.25, -0.2) is 26.8 Å². The Kier molecular flexibility index (Phi) is 8.04. The smallest absolute Gasteiger partial charge is 0.475 e. The van der Waals surface area contributed by atoms with Gasteiger partial charge in [0, 0.05) is 18.8 Å². The Bertz CT molecular complexity index is 964. The first kappa shape index (κ1) is 25.8. The summed E-state index contributed by atoms with van der Waals surface area (Å²) in [6.07, 6.45) is -2.49. The van der Waals surface area contributed by atoms with Gasteiger partial charge in [-0.2, -0.15) is 13.2 Å². The molecule has 1 aromatic rings. The molecule has 2 aliphatic rings. The lowest BCUT2D eigenvalue weighted by molar-refractivity contribution is -0.192. The molecule has 0 radical (unpaired) electrons. The summed E-state index contributed by atoms with van der Waals surface area (Å²) in [5.41, 5.74) is 0.0744. The highest BCUT2D eigenvalue weighted by atomic mass is 32.2. The molecule has 0 aliphatic carbocycles. The normalized spacial score (nSPS) is 19.9. The number of benzene rings is 1. The van der Waals surface area contributed by atoms with Crippen LogP contribution in [0.1, 0.15) is 18.4 Å². The molecule has 1 aromatic carbocycles. The average molecular weight is 487 g/mol. The standard InChI is InChI=1S/C16H21F2N3O3S.C2HF3O2/c1-25(23,24)15-8-13(17)10(7-14(15)18)6-12-9-20-16(22)21(12)11-2-4-19-5-3-11;3-2(4,5)1(6)7/h7-8,11-12,19H,2-6,9H2,1H3,(H,20,22);(H,6,7). The van der Waals surface area contributed by atoms with E-state index >= 15 is 0 Å². The van der Waals surface area contributed by atoms with Crippen LogP contribution in [0.15, 0.2) is 17.0 Å². The molecule has 1 unspecified atom stereocenters. The monoisotopic (exact) mass is 487 g/mol. The zero-order chi connectivity index (χ0) is 24.3. The number of carboxylic acids is 1. The first-order valence-corrected chi connectivity index (χ1v) is 11.4. The molecule has 2 saturated heterocycles. The molecular weight excluding hydrogens is 465 g/mol. The van der Waals surface area contributed by atoms with Crippen LogP contribution in [-0.4, -0.2) is 74.6 Å². The fraction of sp³-hybridized carbons (Fsp3) is 0.556. The average Bonchev–Trinajstić information content (AvgIpc) is 3.04. The van der Waals surface area contributed by atoms with Gasteiger partial charge in [0.15, 0.2) is 9.84 Å². The zero-order valence-electron chi connectivity index (χ0n) is 16.9. The van der Waals surface area contributed by atoms with Crippen LogP contribution in [0.5, 0.6) is 0 Å². The summed E-state index contributed by atoms with van der Waals surface area (Å²) >= 11 is 0. The van der Waals surface area contributed by atoms with Crippen molar-refractivity contribution >= 4 is 21.8 Å². The van der Waals surface area contributed by atoms with Gasteiger partial charge in [0.05, 0.1) is 6.04 Å². The van der Waals surface area contributed by atoms with E-state index in [9.17, 15) is 35.2 Å². The van der Waals surface area contributed by atoms with Gasteiger partial charge in [-0.15, -0.1) is 0 Å². The van der Waals surface area contributed by atoms with Crippen LogP contribution in [-0.2, 0) is 21.1 Å². The van der Waals surface area contributed by atoms with E-state index in [4.69, 9.17) is 9.90 Å². The van der Waals surface area contributed by atoms with Crippen molar-refractivity contribution in [2.45, 2.75) is 42.4 Å². The maximum absolute atomic E-state index is 14.3. The van der Waals surface area contributed by atoms with Gasteiger partial charge in [0.2, 0.25) is 0 Å². The second-order valence-corrected chi connectivity index (χ2v) is 9.37. The molecule has 2 amide bonds. The Hall–Kier alpha value is -2.48. The van der Waals surface area contributed by atoms with E-state index in [2.05, 4.69) is 10.6 Å². The molecule has 0 bridgehead atoms. The molecule has 14 heteroatoms. The van der Waals surface area contributed by atoms with Gasteiger partial charge < -0.3 is 20.6 Å². The van der Waals surface area contributed by atoms with E-state index in [1.165, 1.54) is 0 Å². The minimum absolute atomic E-state index is 0.0666. The SMILES string of the molecule is CS(=O)(=O)c1cc(F)c(CC2CNC(=O)N2C2CCNCC2)cc1F.O=C(O)C(F)(F)F. The first-order chi connectivity index (χ1) is 14.7. The van der Waals surface area contributed by atoms with Crippen molar-refractivity contribution in [3.05, 3.63) is 29.3 Å². The minimum atomic E-state index is -5.08. The molecule has 180 valence electrons. The van der Waals surface area contributed by atoms with Crippen LogP contribution >= 0.6 is 0 Å². The maximum Gasteiger partial charge on any atom is 0.490 e. The lowest BCUT2D eigenvalue weighted by atomic mass is 10.00. The second-order valence-electron chi connectivity index (χ2n) is 7.38. The van der Waals surface area contributed by atoms with Crippen LogP contribution in [0.3, 0.4) is 0 Å². The Morgan fingerprint density at radius 1 is 1.19 bits per heavy atom. The van der Waals surface area contributed by atoms with Crippen LogP contribution in [0.25, 0.3) is 0 Å². The van der Waals surface area contributed by atoms with E-state index in [0.717, 1.165) is 44.3 Å². The summed E-state index contributed by atoms with van der Waals surface area (Å²) in [4.78, 5) is 22.1. The number of hydrogen-bond donors (Lipinski definition) is 3. The maximum atomic E-state index is 14.3. The molecule has 3 rings (SSSR count). The number of aliphatic carboxylic acids is 1. The number of sulfone groups is 1. The predicted molar refractivity (Wildman–Crippen MR) is 102 cm³/mol. The van der Waals surface area contributed by atoms with Gasteiger partial charge in [0.25, 0.3) is 0 Å². The third kappa shape index (κ3) is 6.51. The highest BCUT2D eigenvalue weighted by Gasteiger charge is 2.38. The molecule has 0 aromatic heterocycles. The number of hydrogen-bond acceptors (Lipinski definition) is 5. The molecule has 32 heavy (non-hydrogen) atoms. The quantitative estimate of drug-likeness (QED) is 0.557. The highest BCUT2D eigenvalue weighted by Crippen LogP contribution is 2.25. The summed E-state index contributed by atoms with van der Waals surface area (Å²) in [5.74, 6) is -4.50. The largest absolute Gasteiger partial charge is 0.490 e. The fourth-order valence-electron chi connectivity index (χ4n) is 3.54. The lowest BCUT2D eigenvalue weighted by Gasteiger charge is -2.35. The lowest BCUT2D eigenvalue weighted by Crippen LogP contribution is -2.48. The molecule has 1 atom stereocenters. The van der Waals surface area contributed by atoms with E-state index in [0.29, 0.717) is 6.54 Å². The van der Waals surface area contributed by atoms with E-state index in [1.807, 2.05) is 0 Å². The van der Waals surface area contributed by atoms with Gasteiger partial charge >= 0.3 is 18.2 Å². The molecular formula is C18H22F5N3O5S. The van der Waals surface area contributed by atoms with Crippen molar-refractivity contribution in [2.24, 2.45) is 0 Å². The number of alkyl halides is 3. The number of urea groups is 1. The number of carboxylic acid groups (broad SMARTS) is 1. The molecule has 0 spiro atoms. The van der Waals surface area contributed by atoms with E-state index in [-0.39, 0.29) is 30.1 Å². The molecule has 2 fully saturated rings. The molecule has 3 N–H and O–H groups in total. The molecule has 0 saturated carbocycles. The van der Waals surface area contributed by atoms with Gasteiger partial charge in [-0.05, 0) is 50.0 Å². The Balaban J connectivity index is 0.000000451. The van der Waals surface area contributed by atoms with Gasteiger partial charge in [-0.3, -0.25) is 0 Å². The van der Waals surface area contributed by atoms with Crippen LogP contribution in [0.4, 0.5) is 26.7 Å². The van der Waals surface area contributed by atoms with E-state index in [1.54, 1.807) is 4.90 Å². The van der Waals surface area contributed by atoms with Crippen molar-refractivity contribution in [1.82, 2.24) is 15.5 Å². The van der Waals surface area contributed by atoms with Gasteiger partial charge in [-0.1, -0.05) is 0 Å². The predicted octanol–water partition coefficient (Wildman–Crippen LogP) is 1.69. The number of nitrogens with zero attached hydrogens (tertiary/aromatic N) is 1. The van der Waals surface area contributed by atoms with Crippen molar-refractivity contribution in [3.8, 4) is 0 Å². The molecule has 2 heterocycles. The number of carbonyl (C=O) groups excluding carboxylic acids is 1. The Labute approximate surface area is 180 Å². The zero-order valence-corrected chi connectivity index (χ0v) is 17.7. The van der Waals surface area contributed by atoms with Gasteiger partial charge in [0.1, 0.15) is 16.5 Å². The summed E-state index contributed by atoms with van der Waals surface area (Å²) in [6, 6.07) is 1.24. The highest BCUT2D eigenvalue weighted by molar-refractivity contribution is 7.90. The Morgan fingerprint density at radius 3 is 2.25 bits per heavy atom.